The lowest BCUT2D eigenvalue weighted by Crippen LogP contribution is -2.59. The highest BCUT2D eigenvalue weighted by Crippen LogP contribution is 2.56. The van der Waals surface area contributed by atoms with Crippen LogP contribution in [0.3, 0.4) is 0 Å². The molecule has 2 saturated heterocycles. The van der Waals surface area contributed by atoms with E-state index in [1.165, 1.54) is 0 Å². The fraction of sp³-hybridized carbons (Fsp3) is 0.607. The third kappa shape index (κ3) is 4.37. The van der Waals surface area contributed by atoms with Crippen LogP contribution in [0.1, 0.15) is 53.4 Å². The normalized spacial score (nSPS) is 37.0. The van der Waals surface area contributed by atoms with Crippen molar-refractivity contribution in [3.05, 3.63) is 40.4 Å². The number of benzene rings is 1. The SMILES string of the molecule is CC[C@H](C)N1C(=O)[C@@H]2[C@H](C(=O)Nc3cc(Cl)cc(Cl)c3)[C@@H]3C=C[C@@]2(O3)[C@@H]1C(=O)N[C@@H]1CCC[C@H](C)[C@@H]1C. The second-order valence-electron chi connectivity index (χ2n) is 11.2. The van der Waals surface area contributed by atoms with E-state index < -0.39 is 29.6 Å². The van der Waals surface area contributed by atoms with E-state index in [9.17, 15) is 14.4 Å². The molecule has 0 unspecified atom stereocenters. The third-order valence-electron chi connectivity index (χ3n) is 9.09. The second kappa shape index (κ2) is 9.90. The number of nitrogens with one attached hydrogen (secondary N) is 2. The standard InChI is InChI=1S/C28H35Cl2N3O4/c1-5-15(3)33-24(26(35)32-20-8-6-7-14(2)16(20)4)28-10-9-21(37-28)22(23(28)27(33)36)25(34)31-19-12-17(29)11-18(30)13-19/h9-16,20-24H,5-8H2,1-4H3,(H,31,34)(H,32,35)/t14-,15-,16-,20+,21-,22+,23-,24-,28-/m0/s1. The minimum absolute atomic E-state index is 0.0508. The van der Waals surface area contributed by atoms with Crippen molar-refractivity contribution in [1.29, 1.82) is 0 Å². The Balaban J connectivity index is 1.45. The minimum atomic E-state index is -1.17. The number of likely N-dealkylation sites (tertiary alicyclic amines) is 1. The summed E-state index contributed by atoms with van der Waals surface area (Å²) in [6.45, 7) is 8.34. The summed E-state index contributed by atoms with van der Waals surface area (Å²) in [5, 5.41) is 6.94. The van der Waals surface area contributed by atoms with Crippen molar-refractivity contribution in [2.45, 2.75) is 83.2 Å². The number of fused-ring (bicyclic) bond motifs is 1. The Bertz CT molecular complexity index is 1120. The lowest BCUT2D eigenvalue weighted by Gasteiger charge is -2.39. The molecule has 1 aliphatic carbocycles. The van der Waals surface area contributed by atoms with Crippen molar-refractivity contribution in [1.82, 2.24) is 10.2 Å². The Morgan fingerprint density at radius 1 is 1.16 bits per heavy atom. The van der Waals surface area contributed by atoms with Crippen LogP contribution in [0.2, 0.25) is 10.0 Å². The molecule has 2 N–H and O–H groups in total. The van der Waals surface area contributed by atoms with Gasteiger partial charge >= 0.3 is 0 Å². The number of hydrogen-bond donors (Lipinski definition) is 2. The van der Waals surface area contributed by atoms with E-state index in [-0.39, 0.29) is 29.8 Å². The van der Waals surface area contributed by atoms with E-state index in [1.54, 1.807) is 23.1 Å². The lowest BCUT2D eigenvalue weighted by atomic mass is 9.73. The fourth-order valence-electron chi connectivity index (χ4n) is 6.78. The molecule has 200 valence electrons. The van der Waals surface area contributed by atoms with Crippen molar-refractivity contribution in [3.63, 3.8) is 0 Å². The number of anilines is 1. The van der Waals surface area contributed by atoms with Crippen molar-refractivity contribution >= 4 is 46.6 Å². The topological polar surface area (TPSA) is 87.7 Å². The number of amides is 3. The highest BCUT2D eigenvalue weighted by atomic mass is 35.5. The van der Waals surface area contributed by atoms with E-state index in [0.29, 0.717) is 34.0 Å². The smallest absolute Gasteiger partial charge is 0.246 e. The van der Waals surface area contributed by atoms with Gasteiger partial charge in [-0.3, -0.25) is 14.4 Å². The van der Waals surface area contributed by atoms with E-state index in [4.69, 9.17) is 27.9 Å². The maximum absolute atomic E-state index is 14.0. The Morgan fingerprint density at radius 2 is 1.86 bits per heavy atom. The molecule has 1 aromatic rings. The molecule has 1 spiro atoms. The van der Waals surface area contributed by atoms with Gasteiger partial charge in [0, 0.05) is 27.8 Å². The first-order chi connectivity index (χ1) is 17.6. The average Bonchev–Trinajstić information content (AvgIpc) is 3.48. The summed E-state index contributed by atoms with van der Waals surface area (Å²) < 4.78 is 6.42. The van der Waals surface area contributed by atoms with Crippen molar-refractivity contribution in [3.8, 4) is 0 Å². The number of rotatable bonds is 6. The Morgan fingerprint density at radius 3 is 2.54 bits per heavy atom. The van der Waals surface area contributed by atoms with Gasteiger partial charge in [0.1, 0.15) is 11.6 Å². The maximum Gasteiger partial charge on any atom is 0.246 e. The summed E-state index contributed by atoms with van der Waals surface area (Å²) in [5.41, 5.74) is -0.727. The van der Waals surface area contributed by atoms with Gasteiger partial charge in [0.25, 0.3) is 0 Å². The van der Waals surface area contributed by atoms with Gasteiger partial charge in [0.2, 0.25) is 17.7 Å². The third-order valence-corrected chi connectivity index (χ3v) is 9.53. The zero-order valence-electron chi connectivity index (χ0n) is 21.7. The van der Waals surface area contributed by atoms with E-state index in [1.807, 2.05) is 26.0 Å². The van der Waals surface area contributed by atoms with E-state index in [2.05, 4.69) is 24.5 Å². The van der Waals surface area contributed by atoms with Gasteiger partial charge in [-0.15, -0.1) is 0 Å². The van der Waals surface area contributed by atoms with Gasteiger partial charge in [-0.2, -0.15) is 0 Å². The molecular weight excluding hydrogens is 513 g/mol. The molecule has 2 bridgehead atoms. The molecule has 1 aromatic carbocycles. The number of carbonyl (C=O) groups is 3. The van der Waals surface area contributed by atoms with Gasteiger partial charge in [-0.1, -0.05) is 69.0 Å². The number of ether oxygens (including phenoxy) is 1. The monoisotopic (exact) mass is 547 g/mol. The molecule has 0 radical (unpaired) electrons. The Kier molecular flexibility index (Phi) is 7.09. The molecule has 9 atom stereocenters. The summed E-state index contributed by atoms with van der Waals surface area (Å²) in [4.78, 5) is 43.2. The summed E-state index contributed by atoms with van der Waals surface area (Å²) in [6.07, 6.45) is 6.90. The first-order valence-corrected chi connectivity index (χ1v) is 14.1. The number of hydrogen-bond acceptors (Lipinski definition) is 4. The Labute approximate surface area is 228 Å². The molecule has 4 aliphatic rings. The van der Waals surface area contributed by atoms with Crippen LogP contribution in [0, 0.1) is 23.7 Å². The molecule has 5 rings (SSSR count). The van der Waals surface area contributed by atoms with Crippen molar-refractivity contribution < 1.29 is 19.1 Å². The van der Waals surface area contributed by atoms with Crippen molar-refractivity contribution in [2.75, 3.05) is 5.32 Å². The van der Waals surface area contributed by atoms with Gasteiger partial charge in [-0.25, -0.2) is 0 Å². The van der Waals surface area contributed by atoms with Crippen LogP contribution in [0.5, 0.6) is 0 Å². The Hall–Kier alpha value is -2.09. The van der Waals surface area contributed by atoms with Gasteiger partial charge in [0.15, 0.2) is 0 Å². The van der Waals surface area contributed by atoms with Crippen LogP contribution in [0.4, 0.5) is 5.69 Å². The molecule has 0 aromatic heterocycles. The van der Waals surface area contributed by atoms with Crippen LogP contribution < -0.4 is 10.6 Å². The fourth-order valence-corrected chi connectivity index (χ4v) is 7.30. The van der Waals surface area contributed by atoms with Gasteiger partial charge < -0.3 is 20.3 Å². The van der Waals surface area contributed by atoms with Crippen LogP contribution in [-0.2, 0) is 19.1 Å². The largest absolute Gasteiger partial charge is 0.359 e. The molecular formula is C28H35Cl2N3O4. The zero-order valence-corrected chi connectivity index (χ0v) is 23.2. The first-order valence-electron chi connectivity index (χ1n) is 13.3. The molecule has 37 heavy (non-hydrogen) atoms. The summed E-state index contributed by atoms with van der Waals surface area (Å²) in [5.74, 6) is -1.46. The number of carbonyl (C=O) groups excluding carboxylic acids is 3. The van der Waals surface area contributed by atoms with Crippen LogP contribution in [0.25, 0.3) is 0 Å². The molecule has 7 nitrogen and oxygen atoms in total. The molecule has 3 heterocycles. The predicted molar refractivity (Wildman–Crippen MR) is 143 cm³/mol. The zero-order chi connectivity index (χ0) is 26.6. The molecule has 9 heteroatoms. The summed E-state index contributed by atoms with van der Waals surface area (Å²) in [7, 11) is 0. The van der Waals surface area contributed by atoms with Crippen LogP contribution >= 0.6 is 23.2 Å². The van der Waals surface area contributed by atoms with Gasteiger partial charge in [0.05, 0.1) is 17.9 Å². The summed E-state index contributed by atoms with van der Waals surface area (Å²) >= 11 is 12.2. The van der Waals surface area contributed by atoms with Crippen LogP contribution in [0.15, 0.2) is 30.4 Å². The highest BCUT2D eigenvalue weighted by Gasteiger charge is 2.73. The molecule has 3 amide bonds. The molecule has 1 saturated carbocycles. The minimum Gasteiger partial charge on any atom is -0.359 e. The average molecular weight is 549 g/mol. The maximum atomic E-state index is 14.0. The summed E-state index contributed by atoms with van der Waals surface area (Å²) in [6, 6.07) is 3.83. The molecule has 3 fully saturated rings. The van der Waals surface area contributed by atoms with Gasteiger partial charge in [-0.05, 0) is 49.8 Å². The number of halogens is 2. The quantitative estimate of drug-likeness (QED) is 0.499. The van der Waals surface area contributed by atoms with Crippen molar-refractivity contribution in [2.24, 2.45) is 23.7 Å². The lowest BCUT2D eigenvalue weighted by molar-refractivity contribution is -0.144. The second-order valence-corrected chi connectivity index (χ2v) is 12.1. The first kappa shape index (κ1) is 26.5. The van der Waals surface area contributed by atoms with Crippen LogP contribution in [-0.4, -0.2) is 52.5 Å². The molecule has 3 aliphatic heterocycles. The van der Waals surface area contributed by atoms with E-state index in [0.717, 1.165) is 19.3 Å². The number of nitrogens with zero attached hydrogens (tertiary/aromatic N) is 1. The van der Waals surface area contributed by atoms with E-state index >= 15 is 0 Å². The predicted octanol–water partition coefficient (Wildman–Crippen LogP) is 4.82. The highest BCUT2D eigenvalue weighted by molar-refractivity contribution is 6.35.